The van der Waals surface area contributed by atoms with Crippen LogP contribution in [0.5, 0.6) is 0 Å². The van der Waals surface area contributed by atoms with Crippen LogP contribution in [0, 0.1) is 0 Å². The van der Waals surface area contributed by atoms with E-state index in [-0.39, 0.29) is 12.0 Å². The van der Waals surface area contributed by atoms with Crippen molar-refractivity contribution in [1.29, 1.82) is 0 Å². The molecule has 2 N–H and O–H groups in total. The van der Waals surface area contributed by atoms with Gasteiger partial charge in [-0.1, -0.05) is 42.5 Å². The van der Waals surface area contributed by atoms with Crippen LogP contribution in [0.2, 0.25) is 0 Å². The Morgan fingerprint density at radius 1 is 1.03 bits per heavy atom. The first-order valence-electron chi connectivity index (χ1n) is 11.9. The smallest absolute Gasteiger partial charge is 0.251 e. The average Bonchev–Trinajstić information content (AvgIpc) is 3.35. The van der Waals surface area contributed by atoms with Gasteiger partial charge in [-0.3, -0.25) is 9.20 Å². The first-order valence-corrected chi connectivity index (χ1v) is 11.9. The van der Waals surface area contributed by atoms with Gasteiger partial charge in [0.25, 0.3) is 5.91 Å². The molecule has 172 valence electrons. The van der Waals surface area contributed by atoms with Crippen molar-refractivity contribution in [2.45, 2.75) is 37.8 Å². The van der Waals surface area contributed by atoms with E-state index in [0.29, 0.717) is 18.2 Å². The predicted octanol–water partition coefficient (Wildman–Crippen LogP) is 4.55. The second kappa shape index (κ2) is 8.91. The van der Waals surface area contributed by atoms with Crippen LogP contribution in [0.25, 0.3) is 28.2 Å². The highest BCUT2D eigenvalue weighted by Crippen LogP contribution is 2.28. The van der Waals surface area contributed by atoms with Gasteiger partial charge in [0.1, 0.15) is 0 Å². The zero-order valence-corrected chi connectivity index (χ0v) is 18.9. The molecular formula is C27H27N5O2. The maximum absolute atomic E-state index is 12.4. The molecule has 3 heterocycles. The first-order chi connectivity index (χ1) is 16.7. The van der Waals surface area contributed by atoms with E-state index in [4.69, 9.17) is 14.7 Å². The lowest BCUT2D eigenvalue weighted by Crippen LogP contribution is -2.25. The van der Waals surface area contributed by atoms with Gasteiger partial charge in [0.2, 0.25) is 0 Å². The summed E-state index contributed by atoms with van der Waals surface area (Å²) in [6.07, 6.45) is 8.40. The predicted molar refractivity (Wildman–Crippen MR) is 132 cm³/mol. The highest BCUT2D eigenvalue weighted by Gasteiger charge is 2.24. The summed E-state index contributed by atoms with van der Waals surface area (Å²) in [7, 11) is 0. The van der Waals surface area contributed by atoms with Crippen molar-refractivity contribution in [3.8, 4) is 22.5 Å². The fourth-order valence-electron chi connectivity index (χ4n) is 4.37. The number of hydrogen-bond acceptors (Lipinski definition) is 5. The highest BCUT2D eigenvalue weighted by molar-refractivity contribution is 5.95. The normalized spacial score (nSPS) is 17.7. The van der Waals surface area contributed by atoms with E-state index in [0.717, 1.165) is 66.3 Å². The van der Waals surface area contributed by atoms with E-state index in [1.165, 1.54) is 0 Å². The number of aromatic nitrogens is 3. The van der Waals surface area contributed by atoms with Crippen LogP contribution in [0.15, 0.2) is 67.0 Å². The van der Waals surface area contributed by atoms with Crippen molar-refractivity contribution >= 4 is 17.4 Å². The molecule has 1 atom stereocenters. The number of fused-ring (bicyclic) bond motifs is 1. The van der Waals surface area contributed by atoms with Gasteiger partial charge in [0, 0.05) is 42.1 Å². The molecule has 0 bridgehead atoms. The monoisotopic (exact) mass is 453 g/mol. The number of amides is 1. The lowest BCUT2D eigenvalue weighted by atomic mass is 10.1. The van der Waals surface area contributed by atoms with Crippen LogP contribution < -0.4 is 10.6 Å². The number of imidazole rings is 1. The third kappa shape index (κ3) is 4.26. The van der Waals surface area contributed by atoms with E-state index in [1.54, 1.807) is 0 Å². The summed E-state index contributed by atoms with van der Waals surface area (Å²) in [5, 5.41) is 6.52. The van der Waals surface area contributed by atoms with Crippen LogP contribution >= 0.6 is 0 Å². The van der Waals surface area contributed by atoms with Gasteiger partial charge in [-0.05, 0) is 37.8 Å². The Bertz CT molecular complexity index is 1310. The van der Waals surface area contributed by atoms with Crippen molar-refractivity contribution in [3.05, 3.63) is 72.6 Å². The fraction of sp³-hybridized carbons (Fsp3) is 0.296. The Balaban J connectivity index is 1.36. The number of hydrogen-bond donors (Lipinski definition) is 2. The maximum Gasteiger partial charge on any atom is 0.251 e. The molecule has 7 nitrogen and oxygen atoms in total. The number of nitrogens with zero attached hydrogens (tertiary/aromatic N) is 3. The minimum atomic E-state index is -0.0108. The van der Waals surface area contributed by atoms with Crippen LogP contribution in [0.4, 0.5) is 5.82 Å². The van der Waals surface area contributed by atoms with Crippen LogP contribution in [-0.2, 0) is 4.74 Å². The number of ether oxygens (including phenoxy) is 1. The minimum Gasteiger partial charge on any atom is -0.376 e. The quantitative estimate of drug-likeness (QED) is 0.429. The van der Waals surface area contributed by atoms with E-state index in [9.17, 15) is 4.79 Å². The van der Waals surface area contributed by atoms with Crippen LogP contribution in [-0.4, -0.2) is 45.6 Å². The van der Waals surface area contributed by atoms with E-state index < -0.39 is 0 Å². The summed E-state index contributed by atoms with van der Waals surface area (Å²) in [6.45, 7) is 1.52. The van der Waals surface area contributed by atoms with E-state index in [2.05, 4.69) is 27.2 Å². The number of anilines is 1. The maximum atomic E-state index is 12.4. The molecule has 2 aromatic carbocycles. The standard InChI is InChI=1S/C27H27N5O2/c33-27(30-21-12-13-21)20-10-8-19(9-11-20)24-16-29-26-25(28-15-22-7-4-14-34-22)31-23(17-32(24)26)18-5-2-1-3-6-18/h1-3,5-6,8-11,16-17,21-22H,4,7,12-15H2,(H,28,31)(H,30,33). The summed E-state index contributed by atoms with van der Waals surface area (Å²) in [6, 6.07) is 18.2. The van der Waals surface area contributed by atoms with Gasteiger partial charge in [-0.15, -0.1) is 0 Å². The minimum absolute atomic E-state index is 0.0108. The van der Waals surface area contributed by atoms with Crippen LogP contribution in [0.1, 0.15) is 36.0 Å². The van der Waals surface area contributed by atoms with Crippen molar-refractivity contribution < 1.29 is 9.53 Å². The van der Waals surface area contributed by atoms with Gasteiger partial charge in [0.15, 0.2) is 11.5 Å². The Morgan fingerprint density at radius 3 is 2.59 bits per heavy atom. The molecule has 0 spiro atoms. The molecule has 1 amide bonds. The second-order valence-corrected chi connectivity index (χ2v) is 9.02. The van der Waals surface area contributed by atoms with Crippen molar-refractivity contribution in [1.82, 2.24) is 19.7 Å². The number of carbonyl (C=O) groups excluding carboxylic acids is 1. The molecule has 2 aliphatic rings. The molecule has 1 saturated heterocycles. The Morgan fingerprint density at radius 2 is 1.85 bits per heavy atom. The zero-order valence-electron chi connectivity index (χ0n) is 18.9. The Kier molecular flexibility index (Phi) is 5.47. The molecule has 7 heteroatoms. The lowest BCUT2D eigenvalue weighted by Gasteiger charge is -2.14. The molecule has 2 aromatic heterocycles. The Labute approximate surface area is 198 Å². The summed E-state index contributed by atoms with van der Waals surface area (Å²) >= 11 is 0. The summed E-state index contributed by atoms with van der Waals surface area (Å²) < 4.78 is 7.86. The molecule has 1 aliphatic heterocycles. The lowest BCUT2D eigenvalue weighted by molar-refractivity contribution is 0.0951. The molecule has 6 rings (SSSR count). The van der Waals surface area contributed by atoms with Gasteiger partial charge in [-0.2, -0.15) is 0 Å². The number of benzene rings is 2. The second-order valence-electron chi connectivity index (χ2n) is 9.02. The Hall–Kier alpha value is -3.71. The zero-order chi connectivity index (χ0) is 22.9. The molecule has 1 aliphatic carbocycles. The molecule has 4 aromatic rings. The summed E-state index contributed by atoms with van der Waals surface area (Å²) in [5.41, 5.74) is 5.28. The number of carbonyl (C=O) groups is 1. The molecule has 34 heavy (non-hydrogen) atoms. The van der Waals surface area contributed by atoms with E-state index >= 15 is 0 Å². The average molecular weight is 454 g/mol. The molecular weight excluding hydrogens is 426 g/mol. The van der Waals surface area contributed by atoms with Crippen LogP contribution in [0.3, 0.4) is 0 Å². The molecule has 0 radical (unpaired) electrons. The van der Waals surface area contributed by atoms with Crippen molar-refractivity contribution in [2.24, 2.45) is 0 Å². The third-order valence-electron chi connectivity index (χ3n) is 6.44. The third-order valence-corrected chi connectivity index (χ3v) is 6.44. The van der Waals surface area contributed by atoms with Gasteiger partial charge in [-0.25, -0.2) is 9.97 Å². The summed E-state index contributed by atoms with van der Waals surface area (Å²) in [5.74, 6) is 0.729. The highest BCUT2D eigenvalue weighted by atomic mass is 16.5. The van der Waals surface area contributed by atoms with Crippen molar-refractivity contribution in [2.75, 3.05) is 18.5 Å². The topological polar surface area (TPSA) is 80.5 Å². The first kappa shape index (κ1) is 20.9. The number of nitrogens with one attached hydrogen (secondary N) is 2. The molecule has 1 saturated carbocycles. The molecule has 2 fully saturated rings. The van der Waals surface area contributed by atoms with E-state index in [1.807, 2.05) is 54.9 Å². The van der Waals surface area contributed by atoms with Gasteiger partial charge in [0.05, 0.1) is 23.7 Å². The number of rotatable bonds is 7. The SMILES string of the molecule is O=C(NC1CC1)c1ccc(-c2cnc3c(NCC4CCCO4)nc(-c4ccccc4)cn23)cc1. The summed E-state index contributed by atoms with van der Waals surface area (Å²) in [4.78, 5) is 22.0. The largest absolute Gasteiger partial charge is 0.376 e. The van der Waals surface area contributed by atoms with Gasteiger partial charge < -0.3 is 15.4 Å². The van der Waals surface area contributed by atoms with Crippen molar-refractivity contribution in [3.63, 3.8) is 0 Å². The molecule has 1 unspecified atom stereocenters. The van der Waals surface area contributed by atoms with Gasteiger partial charge >= 0.3 is 0 Å². The fourth-order valence-corrected chi connectivity index (χ4v) is 4.37.